The van der Waals surface area contributed by atoms with Gasteiger partial charge in [0.25, 0.3) is 5.56 Å². The fourth-order valence-corrected chi connectivity index (χ4v) is 3.01. The van der Waals surface area contributed by atoms with Gasteiger partial charge in [-0.15, -0.1) is 0 Å². The minimum atomic E-state index is -0.112. The van der Waals surface area contributed by atoms with E-state index in [1.54, 1.807) is 6.07 Å². The Hall–Kier alpha value is -1.32. The van der Waals surface area contributed by atoms with E-state index in [0.717, 1.165) is 24.5 Å². The van der Waals surface area contributed by atoms with Gasteiger partial charge < -0.3 is 4.90 Å². The number of nitrogens with zero attached hydrogens (tertiary/aromatic N) is 2. The fraction of sp³-hybridized carbons (Fsp3) is 0.667. The molecule has 0 unspecified atom stereocenters. The summed E-state index contributed by atoms with van der Waals surface area (Å²) in [4.78, 5) is 13.4. The van der Waals surface area contributed by atoms with Crippen LogP contribution in [0.15, 0.2) is 10.9 Å². The second-order valence-electron chi connectivity index (χ2n) is 5.26. The molecule has 1 aromatic rings. The first-order chi connectivity index (χ1) is 7.69. The summed E-state index contributed by atoms with van der Waals surface area (Å²) in [7, 11) is 0. The molecule has 0 bridgehead atoms. The van der Waals surface area contributed by atoms with Crippen molar-refractivity contribution in [3.63, 3.8) is 0 Å². The first-order valence-electron chi connectivity index (χ1n) is 6.00. The van der Waals surface area contributed by atoms with Gasteiger partial charge in [0.1, 0.15) is 0 Å². The van der Waals surface area contributed by atoms with Gasteiger partial charge in [0.2, 0.25) is 0 Å². The fourth-order valence-electron chi connectivity index (χ4n) is 3.01. The SMILES string of the molecule is Cc1cc(=O)[nH]nc1N1CCC2(CCC2)C1. The molecule has 4 heteroatoms. The van der Waals surface area contributed by atoms with Crippen molar-refractivity contribution < 1.29 is 0 Å². The van der Waals surface area contributed by atoms with Crippen LogP contribution >= 0.6 is 0 Å². The van der Waals surface area contributed by atoms with Crippen LogP contribution in [0, 0.1) is 12.3 Å². The Morgan fingerprint density at radius 3 is 2.81 bits per heavy atom. The van der Waals surface area contributed by atoms with E-state index in [4.69, 9.17) is 0 Å². The molecule has 16 heavy (non-hydrogen) atoms. The molecule has 3 rings (SSSR count). The molecule has 1 aliphatic heterocycles. The lowest BCUT2D eigenvalue weighted by atomic mass is 9.68. The van der Waals surface area contributed by atoms with Gasteiger partial charge in [-0.3, -0.25) is 4.79 Å². The normalized spacial score (nSPS) is 22.4. The lowest BCUT2D eigenvalue weighted by Gasteiger charge is -2.38. The second-order valence-corrected chi connectivity index (χ2v) is 5.26. The van der Waals surface area contributed by atoms with Gasteiger partial charge in [-0.2, -0.15) is 5.10 Å². The van der Waals surface area contributed by atoms with Crippen molar-refractivity contribution in [1.82, 2.24) is 10.2 Å². The number of aryl methyl sites for hydroxylation is 1. The van der Waals surface area contributed by atoms with E-state index in [1.807, 2.05) is 6.92 Å². The Morgan fingerprint density at radius 2 is 2.25 bits per heavy atom. The summed E-state index contributed by atoms with van der Waals surface area (Å²) in [5, 5.41) is 6.71. The predicted octanol–water partition coefficient (Wildman–Crippen LogP) is 1.46. The number of rotatable bonds is 1. The van der Waals surface area contributed by atoms with Crippen LogP contribution in [-0.2, 0) is 0 Å². The Kier molecular flexibility index (Phi) is 2.06. The van der Waals surface area contributed by atoms with Gasteiger partial charge in [-0.05, 0) is 37.2 Å². The van der Waals surface area contributed by atoms with Crippen LogP contribution in [0.25, 0.3) is 0 Å². The van der Waals surface area contributed by atoms with Gasteiger partial charge in [0.15, 0.2) is 5.82 Å². The van der Waals surface area contributed by atoms with Crippen molar-refractivity contribution in [3.05, 3.63) is 22.0 Å². The molecule has 1 saturated heterocycles. The summed E-state index contributed by atoms with van der Waals surface area (Å²) < 4.78 is 0. The van der Waals surface area contributed by atoms with Crippen LogP contribution in [0.2, 0.25) is 0 Å². The number of anilines is 1. The predicted molar refractivity (Wildman–Crippen MR) is 62.7 cm³/mol. The third kappa shape index (κ3) is 1.44. The van der Waals surface area contributed by atoms with Crippen LogP contribution < -0.4 is 10.5 Å². The largest absolute Gasteiger partial charge is 0.354 e. The van der Waals surface area contributed by atoms with Crippen LogP contribution in [0.3, 0.4) is 0 Å². The zero-order valence-corrected chi connectivity index (χ0v) is 9.62. The number of hydrogen-bond acceptors (Lipinski definition) is 3. The number of H-pyrrole nitrogens is 1. The molecule has 0 atom stereocenters. The summed E-state index contributed by atoms with van der Waals surface area (Å²) in [6.45, 7) is 4.16. The van der Waals surface area contributed by atoms with Crippen molar-refractivity contribution in [1.29, 1.82) is 0 Å². The molecule has 1 N–H and O–H groups in total. The molecular formula is C12H17N3O. The third-order valence-corrected chi connectivity index (χ3v) is 4.12. The molecule has 0 amide bonds. The average Bonchev–Trinajstić information content (AvgIpc) is 2.62. The maximum absolute atomic E-state index is 11.1. The molecule has 1 spiro atoms. The molecule has 1 aliphatic carbocycles. The lowest BCUT2D eigenvalue weighted by molar-refractivity contribution is 0.165. The standard InChI is InChI=1S/C12H17N3O/c1-9-7-10(16)13-14-11(9)15-6-5-12(8-15)3-2-4-12/h7H,2-6,8H2,1H3,(H,13,16). The van der Waals surface area contributed by atoms with Crippen molar-refractivity contribution in [2.24, 2.45) is 5.41 Å². The number of aromatic nitrogens is 2. The molecule has 2 fully saturated rings. The van der Waals surface area contributed by atoms with E-state index < -0.39 is 0 Å². The number of nitrogens with one attached hydrogen (secondary N) is 1. The van der Waals surface area contributed by atoms with E-state index in [-0.39, 0.29) is 5.56 Å². The van der Waals surface area contributed by atoms with Gasteiger partial charge in [-0.1, -0.05) is 6.42 Å². The third-order valence-electron chi connectivity index (χ3n) is 4.12. The highest BCUT2D eigenvalue weighted by Crippen LogP contribution is 2.48. The van der Waals surface area contributed by atoms with E-state index in [1.165, 1.54) is 25.7 Å². The van der Waals surface area contributed by atoms with E-state index in [0.29, 0.717) is 5.41 Å². The Morgan fingerprint density at radius 1 is 1.44 bits per heavy atom. The van der Waals surface area contributed by atoms with Crippen LogP contribution in [0.1, 0.15) is 31.2 Å². The minimum absolute atomic E-state index is 0.112. The van der Waals surface area contributed by atoms with Gasteiger partial charge in [0.05, 0.1) is 0 Å². The zero-order chi connectivity index (χ0) is 11.2. The van der Waals surface area contributed by atoms with Crippen molar-refractivity contribution in [2.75, 3.05) is 18.0 Å². The highest BCUT2D eigenvalue weighted by atomic mass is 16.1. The van der Waals surface area contributed by atoms with Crippen molar-refractivity contribution >= 4 is 5.82 Å². The zero-order valence-electron chi connectivity index (χ0n) is 9.62. The quantitative estimate of drug-likeness (QED) is 0.778. The van der Waals surface area contributed by atoms with Gasteiger partial charge in [-0.25, -0.2) is 5.10 Å². The highest BCUT2D eigenvalue weighted by molar-refractivity contribution is 5.46. The van der Waals surface area contributed by atoms with E-state index in [2.05, 4.69) is 15.1 Å². The summed E-state index contributed by atoms with van der Waals surface area (Å²) in [5.74, 6) is 0.961. The molecule has 86 valence electrons. The minimum Gasteiger partial charge on any atom is -0.354 e. The second kappa shape index (κ2) is 3.34. The Balaban J connectivity index is 1.85. The maximum Gasteiger partial charge on any atom is 0.264 e. The van der Waals surface area contributed by atoms with Crippen LogP contribution in [0.4, 0.5) is 5.82 Å². The summed E-state index contributed by atoms with van der Waals surface area (Å²) >= 11 is 0. The maximum atomic E-state index is 11.1. The Labute approximate surface area is 94.7 Å². The van der Waals surface area contributed by atoms with E-state index >= 15 is 0 Å². The Bertz CT molecular complexity index is 462. The molecule has 1 saturated carbocycles. The molecular weight excluding hydrogens is 202 g/mol. The number of aromatic amines is 1. The topological polar surface area (TPSA) is 49.0 Å². The smallest absolute Gasteiger partial charge is 0.264 e. The first kappa shape index (κ1) is 9.87. The highest BCUT2D eigenvalue weighted by Gasteiger charge is 2.43. The molecule has 2 heterocycles. The summed E-state index contributed by atoms with van der Waals surface area (Å²) in [6, 6.07) is 1.63. The van der Waals surface area contributed by atoms with Gasteiger partial charge in [0, 0.05) is 19.2 Å². The van der Waals surface area contributed by atoms with Gasteiger partial charge >= 0.3 is 0 Å². The summed E-state index contributed by atoms with van der Waals surface area (Å²) in [5.41, 5.74) is 1.45. The number of hydrogen-bond donors (Lipinski definition) is 1. The van der Waals surface area contributed by atoms with E-state index in [9.17, 15) is 4.79 Å². The molecule has 0 aromatic carbocycles. The molecule has 1 aromatic heterocycles. The first-order valence-corrected chi connectivity index (χ1v) is 6.00. The van der Waals surface area contributed by atoms with Crippen LogP contribution in [-0.4, -0.2) is 23.3 Å². The van der Waals surface area contributed by atoms with Crippen molar-refractivity contribution in [3.8, 4) is 0 Å². The molecule has 4 nitrogen and oxygen atoms in total. The van der Waals surface area contributed by atoms with Crippen molar-refractivity contribution in [2.45, 2.75) is 32.6 Å². The lowest BCUT2D eigenvalue weighted by Crippen LogP contribution is -2.33. The molecule has 2 aliphatic rings. The molecule has 0 radical (unpaired) electrons. The summed E-state index contributed by atoms with van der Waals surface area (Å²) in [6.07, 6.45) is 5.40. The average molecular weight is 219 g/mol. The van der Waals surface area contributed by atoms with Crippen LogP contribution in [0.5, 0.6) is 0 Å². The monoisotopic (exact) mass is 219 g/mol.